The van der Waals surface area contributed by atoms with Gasteiger partial charge in [0.25, 0.3) is 5.69 Å². The molecule has 1 aliphatic rings. The van der Waals surface area contributed by atoms with Gasteiger partial charge in [0, 0.05) is 18.2 Å². The fourth-order valence-corrected chi connectivity index (χ4v) is 2.44. The summed E-state index contributed by atoms with van der Waals surface area (Å²) in [6.45, 7) is 3.37. The van der Waals surface area contributed by atoms with Crippen molar-refractivity contribution in [2.45, 2.75) is 19.4 Å². The van der Waals surface area contributed by atoms with Crippen LogP contribution in [0.1, 0.15) is 18.4 Å². The number of hydrogen-bond donors (Lipinski definition) is 1. The van der Waals surface area contributed by atoms with Crippen molar-refractivity contribution < 1.29 is 4.92 Å². The number of piperidine rings is 1. The molecule has 1 fully saturated rings. The second-order valence-corrected chi connectivity index (χ2v) is 4.84. The molecule has 0 radical (unpaired) electrons. The zero-order chi connectivity index (χ0) is 13.0. The van der Waals surface area contributed by atoms with Crippen molar-refractivity contribution in [3.05, 3.63) is 39.9 Å². The first-order chi connectivity index (χ1) is 8.70. The van der Waals surface area contributed by atoms with E-state index in [1.54, 1.807) is 12.1 Å². The second kappa shape index (κ2) is 5.93. The van der Waals surface area contributed by atoms with E-state index < -0.39 is 0 Å². The standard InChI is InChI=1S/C13H19N3O2/c14-9-11-5-7-15(8-6-11)10-12-3-1-2-4-13(12)16(17)18/h1-4,11H,5-10,14H2. The Morgan fingerprint density at radius 3 is 2.61 bits per heavy atom. The molecule has 2 rings (SSSR count). The van der Waals surface area contributed by atoms with Crippen LogP contribution >= 0.6 is 0 Å². The van der Waals surface area contributed by atoms with Crippen LogP contribution in [0.4, 0.5) is 5.69 Å². The summed E-state index contributed by atoms with van der Waals surface area (Å²) in [4.78, 5) is 12.9. The number of nitro benzene ring substituents is 1. The Bertz CT molecular complexity index is 414. The van der Waals surface area contributed by atoms with E-state index in [9.17, 15) is 10.1 Å². The summed E-state index contributed by atoms with van der Waals surface area (Å²) in [6.07, 6.45) is 2.19. The van der Waals surface area contributed by atoms with E-state index in [1.165, 1.54) is 0 Å². The van der Waals surface area contributed by atoms with E-state index in [1.807, 2.05) is 12.1 Å². The Morgan fingerprint density at radius 2 is 2.00 bits per heavy atom. The summed E-state index contributed by atoms with van der Waals surface area (Å²) in [7, 11) is 0. The smallest absolute Gasteiger partial charge is 0.273 e. The Hall–Kier alpha value is -1.46. The SMILES string of the molecule is NCC1CCN(Cc2ccccc2[N+](=O)[O-])CC1. The summed E-state index contributed by atoms with van der Waals surface area (Å²) >= 11 is 0. The van der Waals surface area contributed by atoms with Crippen LogP contribution in [-0.4, -0.2) is 29.5 Å². The average molecular weight is 249 g/mol. The van der Waals surface area contributed by atoms with Crippen molar-refractivity contribution in [1.29, 1.82) is 0 Å². The number of likely N-dealkylation sites (tertiary alicyclic amines) is 1. The predicted octanol–water partition coefficient (Wildman–Crippen LogP) is 1.77. The van der Waals surface area contributed by atoms with Crippen molar-refractivity contribution in [2.24, 2.45) is 11.7 Å². The molecule has 5 nitrogen and oxygen atoms in total. The maximum atomic E-state index is 10.9. The van der Waals surface area contributed by atoms with Gasteiger partial charge in [-0.05, 0) is 38.4 Å². The Balaban J connectivity index is 2.00. The lowest BCUT2D eigenvalue weighted by Crippen LogP contribution is -2.35. The van der Waals surface area contributed by atoms with Crippen LogP contribution in [0.25, 0.3) is 0 Å². The summed E-state index contributed by atoms with van der Waals surface area (Å²) in [5.74, 6) is 0.618. The Kier molecular flexibility index (Phi) is 4.28. The molecule has 0 aromatic heterocycles. The number of nitrogens with zero attached hydrogens (tertiary/aromatic N) is 2. The van der Waals surface area contributed by atoms with Crippen LogP contribution in [0, 0.1) is 16.0 Å². The minimum atomic E-state index is -0.304. The van der Waals surface area contributed by atoms with Gasteiger partial charge in [-0.3, -0.25) is 15.0 Å². The van der Waals surface area contributed by atoms with E-state index in [0.717, 1.165) is 38.0 Å². The molecule has 0 aliphatic carbocycles. The minimum absolute atomic E-state index is 0.221. The third-order valence-electron chi connectivity index (χ3n) is 3.62. The molecule has 1 aliphatic heterocycles. The monoisotopic (exact) mass is 249 g/mol. The molecule has 0 bridgehead atoms. The lowest BCUT2D eigenvalue weighted by atomic mass is 9.97. The largest absolute Gasteiger partial charge is 0.330 e. The molecule has 5 heteroatoms. The summed E-state index contributed by atoms with van der Waals surface area (Å²) in [5, 5.41) is 10.9. The van der Waals surface area contributed by atoms with E-state index in [0.29, 0.717) is 12.5 Å². The fraction of sp³-hybridized carbons (Fsp3) is 0.538. The Morgan fingerprint density at radius 1 is 1.33 bits per heavy atom. The van der Waals surface area contributed by atoms with Gasteiger partial charge >= 0.3 is 0 Å². The quantitative estimate of drug-likeness (QED) is 0.652. The van der Waals surface area contributed by atoms with E-state index >= 15 is 0 Å². The van der Waals surface area contributed by atoms with Crippen molar-refractivity contribution in [1.82, 2.24) is 4.90 Å². The van der Waals surface area contributed by atoms with Gasteiger partial charge in [0.15, 0.2) is 0 Å². The first kappa shape index (κ1) is 13.0. The molecule has 1 saturated heterocycles. The molecule has 0 saturated carbocycles. The average Bonchev–Trinajstić information content (AvgIpc) is 2.40. The molecular weight excluding hydrogens is 230 g/mol. The first-order valence-electron chi connectivity index (χ1n) is 6.35. The van der Waals surface area contributed by atoms with E-state index in [2.05, 4.69) is 4.90 Å². The van der Waals surface area contributed by atoms with Crippen molar-refractivity contribution in [3.63, 3.8) is 0 Å². The van der Waals surface area contributed by atoms with Crippen LogP contribution in [0.2, 0.25) is 0 Å². The maximum absolute atomic E-state index is 10.9. The highest BCUT2D eigenvalue weighted by Gasteiger charge is 2.20. The lowest BCUT2D eigenvalue weighted by Gasteiger charge is -2.31. The van der Waals surface area contributed by atoms with Crippen molar-refractivity contribution >= 4 is 5.69 Å². The van der Waals surface area contributed by atoms with Crippen LogP contribution in [0.5, 0.6) is 0 Å². The molecule has 0 unspecified atom stereocenters. The van der Waals surface area contributed by atoms with Gasteiger partial charge in [0.2, 0.25) is 0 Å². The van der Waals surface area contributed by atoms with Crippen LogP contribution in [0.15, 0.2) is 24.3 Å². The van der Waals surface area contributed by atoms with Gasteiger partial charge in [0.1, 0.15) is 0 Å². The summed E-state index contributed by atoms with van der Waals surface area (Å²) < 4.78 is 0. The molecule has 18 heavy (non-hydrogen) atoms. The number of para-hydroxylation sites is 1. The second-order valence-electron chi connectivity index (χ2n) is 4.84. The zero-order valence-corrected chi connectivity index (χ0v) is 10.4. The van der Waals surface area contributed by atoms with Crippen molar-refractivity contribution in [2.75, 3.05) is 19.6 Å². The van der Waals surface area contributed by atoms with Gasteiger partial charge in [-0.2, -0.15) is 0 Å². The van der Waals surface area contributed by atoms with Crippen molar-refractivity contribution in [3.8, 4) is 0 Å². The highest BCUT2D eigenvalue weighted by molar-refractivity contribution is 5.39. The van der Waals surface area contributed by atoms with Gasteiger partial charge in [0.05, 0.1) is 4.92 Å². The highest BCUT2D eigenvalue weighted by Crippen LogP contribution is 2.22. The molecule has 2 N–H and O–H groups in total. The fourth-order valence-electron chi connectivity index (χ4n) is 2.44. The molecule has 98 valence electrons. The number of hydrogen-bond acceptors (Lipinski definition) is 4. The first-order valence-corrected chi connectivity index (χ1v) is 6.35. The zero-order valence-electron chi connectivity index (χ0n) is 10.4. The van der Waals surface area contributed by atoms with E-state index in [4.69, 9.17) is 5.73 Å². The van der Waals surface area contributed by atoms with Crippen LogP contribution < -0.4 is 5.73 Å². The topological polar surface area (TPSA) is 72.4 Å². The van der Waals surface area contributed by atoms with Gasteiger partial charge in [-0.1, -0.05) is 18.2 Å². The number of rotatable bonds is 4. The van der Waals surface area contributed by atoms with Gasteiger partial charge in [-0.25, -0.2) is 0 Å². The molecule has 0 spiro atoms. The maximum Gasteiger partial charge on any atom is 0.273 e. The van der Waals surface area contributed by atoms with Gasteiger partial charge in [-0.15, -0.1) is 0 Å². The normalized spacial score (nSPS) is 17.8. The molecule has 0 atom stereocenters. The van der Waals surface area contributed by atoms with Crippen LogP contribution in [-0.2, 0) is 6.54 Å². The molecule has 1 aromatic rings. The molecule has 0 amide bonds. The Labute approximate surface area is 107 Å². The molecule has 1 heterocycles. The predicted molar refractivity (Wildman–Crippen MR) is 70.2 cm³/mol. The minimum Gasteiger partial charge on any atom is -0.330 e. The van der Waals surface area contributed by atoms with Gasteiger partial charge < -0.3 is 5.73 Å². The van der Waals surface area contributed by atoms with E-state index in [-0.39, 0.29) is 10.6 Å². The molecule has 1 aromatic carbocycles. The third kappa shape index (κ3) is 3.05. The van der Waals surface area contributed by atoms with Crippen LogP contribution in [0.3, 0.4) is 0 Å². The highest BCUT2D eigenvalue weighted by atomic mass is 16.6. The summed E-state index contributed by atoms with van der Waals surface area (Å²) in [5.41, 5.74) is 6.68. The third-order valence-corrected chi connectivity index (χ3v) is 3.62. The number of nitro groups is 1. The number of benzene rings is 1. The lowest BCUT2D eigenvalue weighted by molar-refractivity contribution is -0.385. The molecular formula is C13H19N3O2. The summed E-state index contributed by atoms with van der Waals surface area (Å²) in [6, 6.07) is 6.98. The number of nitrogens with two attached hydrogens (primary N) is 1.